The molecule has 246 valence electrons. The summed E-state index contributed by atoms with van der Waals surface area (Å²) < 4.78 is 2.44. The average molecular weight is 692 g/mol. The third-order valence-corrected chi connectivity index (χ3v) is 11.8. The van der Waals surface area contributed by atoms with Crippen molar-refractivity contribution in [3.8, 4) is 45.3 Å². The minimum atomic E-state index is 0.658. The van der Waals surface area contributed by atoms with Gasteiger partial charge >= 0.3 is 0 Å². The highest BCUT2D eigenvalue weighted by Gasteiger charge is 2.20. The Balaban J connectivity index is 1.17. The van der Waals surface area contributed by atoms with Crippen molar-refractivity contribution in [2.75, 3.05) is 0 Å². The van der Waals surface area contributed by atoms with E-state index in [1.807, 2.05) is 11.3 Å². The minimum absolute atomic E-state index is 0.658. The quantitative estimate of drug-likeness (QED) is 0.184. The van der Waals surface area contributed by atoms with Gasteiger partial charge in [0.15, 0.2) is 17.5 Å². The van der Waals surface area contributed by atoms with Crippen molar-refractivity contribution >= 4 is 74.6 Å². The first-order valence-electron chi connectivity index (χ1n) is 17.9. The number of fused-ring (bicyclic) bond motifs is 8. The molecule has 9 aromatic carbocycles. The molecule has 0 aliphatic rings. The van der Waals surface area contributed by atoms with Crippen LogP contribution in [-0.4, -0.2) is 15.0 Å². The topological polar surface area (TPSA) is 38.7 Å². The first-order chi connectivity index (χ1) is 26.2. The molecule has 0 bridgehead atoms. The largest absolute Gasteiger partial charge is 0.208 e. The second-order valence-electron chi connectivity index (χ2n) is 13.6. The van der Waals surface area contributed by atoms with Crippen LogP contribution in [0.4, 0.5) is 0 Å². The molecule has 4 heteroatoms. The van der Waals surface area contributed by atoms with Crippen molar-refractivity contribution in [2.45, 2.75) is 0 Å². The molecule has 53 heavy (non-hydrogen) atoms. The maximum Gasteiger partial charge on any atom is 0.165 e. The normalized spacial score (nSPS) is 11.8. The summed E-state index contributed by atoms with van der Waals surface area (Å²) >= 11 is 1.83. The van der Waals surface area contributed by atoms with Crippen molar-refractivity contribution < 1.29 is 0 Å². The Labute approximate surface area is 309 Å². The van der Waals surface area contributed by atoms with E-state index in [9.17, 15) is 0 Å². The Hall–Kier alpha value is -6.75. The van der Waals surface area contributed by atoms with E-state index in [4.69, 9.17) is 15.0 Å². The molecular formula is C49H29N3S. The number of hydrogen-bond acceptors (Lipinski definition) is 4. The van der Waals surface area contributed by atoms with Gasteiger partial charge < -0.3 is 0 Å². The van der Waals surface area contributed by atoms with E-state index in [1.54, 1.807) is 0 Å². The highest BCUT2D eigenvalue weighted by atomic mass is 32.1. The predicted octanol–water partition coefficient (Wildman–Crippen LogP) is 13.5. The minimum Gasteiger partial charge on any atom is -0.208 e. The van der Waals surface area contributed by atoms with Crippen LogP contribution in [0.5, 0.6) is 0 Å². The molecule has 0 fully saturated rings. The standard InChI is InChI=1S/C49H29N3S/c1-3-14-33-27-35(25-23-30(33)11-1)47-50-48(36-26-24-31-12-2-4-15-34(31)28-36)52-49(51-47)42-22-10-21-41-44-29-43(38-20-9-16-32-13-5-6-17-37(32)38)39-18-7-8-19-40(39)46(44)53-45(41)42/h1-29H. The lowest BCUT2D eigenvalue weighted by Crippen LogP contribution is -2.00. The SMILES string of the molecule is c1ccc2cc(-c3nc(-c4ccc5ccccc5c4)nc(-c4cccc5c4sc4c6ccccc6c(-c6cccc7ccccc67)cc54)n3)ccc2c1. The van der Waals surface area contributed by atoms with E-state index >= 15 is 0 Å². The second-order valence-corrected chi connectivity index (χ2v) is 14.6. The van der Waals surface area contributed by atoms with E-state index in [1.165, 1.54) is 63.6 Å². The van der Waals surface area contributed by atoms with Crippen molar-refractivity contribution in [3.05, 3.63) is 176 Å². The first-order valence-corrected chi connectivity index (χ1v) is 18.7. The number of benzene rings is 9. The molecule has 0 N–H and O–H groups in total. The highest BCUT2D eigenvalue weighted by molar-refractivity contribution is 7.27. The fourth-order valence-corrected chi connectivity index (χ4v) is 9.22. The molecule has 3 nitrogen and oxygen atoms in total. The summed E-state index contributed by atoms with van der Waals surface area (Å²) in [5, 5.41) is 12.1. The van der Waals surface area contributed by atoms with Crippen molar-refractivity contribution in [1.29, 1.82) is 0 Å². The summed E-state index contributed by atoms with van der Waals surface area (Å²) in [4.78, 5) is 15.6. The lowest BCUT2D eigenvalue weighted by molar-refractivity contribution is 1.08. The van der Waals surface area contributed by atoms with Crippen LogP contribution in [0.15, 0.2) is 176 Å². The van der Waals surface area contributed by atoms with Gasteiger partial charge in [-0.25, -0.2) is 15.0 Å². The molecule has 0 radical (unpaired) electrons. The summed E-state index contributed by atoms with van der Waals surface area (Å²) in [6.45, 7) is 0. The summed E-state index contributed by atoms with van der Waals surface area (Å²) in [6.07, 6.45) is 0. The van der Waals surface area contributed by atoms with Gasteiger partial charge in [-0.15, -0.1) is 11.3 Å². The molecule has 11 aromatic rings. The van der Waals surface area contributed by atoms with Crippen LogP contribution in [0.25, 0.3) is 109 Å². The Morgan fingerprint density at radius 3 is 1.47 bits per heavy atom. The number of aromatic nitrogens is 3. The van der Waals surface area contributed by atoms with Gasteiger partial charge in [0.1, 0.15) is 0 Å². The fraction of sp³-hybridized carbons (Fsp3) is 0. The predicted molar refractivity (Wildman–Crippen MR) is 224 cm³/mol. The molecule has 0 saturated carbocycles. The summed E-state index contributed by atoms with van der Waals surface area (Å²) in [5.74, 6) is 1.98. The van der Waals surface area contributed by atoms with E-state index in [-0.39, 0.29) is 0 Å². The highest BCUT2D eigenvalue weighted by Crippen LogP contribution is 2.46. The zero-order chi connectivity index (χ0) is 34.9. The molecular weight excluding hydrogens is 663 g/mol. The van der Waals surface area contributed by atoms with Crippen LogP contribution in [0, 0.1) is 0 Å². The number of rotatable bonds is 4. The van der Waals surface area contributed by atoms with E-state index in [0.717, 1.165) is 27.5 Å². The molecule has 2 aromatic heterocycles. The van der Waals surface area contributed by atoms with E-state index in [2.05, 4.69) is 176 Å². The smallest absolute Gasteiger partial charge is 0.165 e. The van der Waals surface area contributed by atoms with Crippen LogP contribution in [0.2, 0.25) is 0 Å². The van der Waals surface area contributed by atoms with Gasteiger partial charge in [-0.2, -0.15) is 0 Å². The monoisotopic (exact) mass is 691 g/mol. The number of hydrogen-bond donors (Lipinski definition) is 0. The third-order valence-electron chi connectivity index (χ3n) is 10.5. The molecule has 0 spiro atoms. The summed E-state index contributed by atoms with van der Waals surface area (Å²) in [5.41, 5.74) is 5.42. The second kappa shape index (κ2) is 11.9. The van der Waals surface area contributed by atoms with Gasteiger partial charge in [0.05, 0.1) is 0 Å². The molecule has 0 unspecified atom stereocenters. The van der Waals surface area contributed by atoms with Gasteiger partial charge in [-0.3, -0.25) is 0 Å². The zero-order valence-corrected chi connectivity index (χ0v) is 29.3. The van der Waals surface area contributed by atoms with Crippen molar-refractivity contribution in [1.82, 2.24) is 15.0 Å². The Morgan fingerprint density at radius 1 is 0.283 bits per heavy atom. The molecule has 2 heterocycles. The first kappa shape index (κ1) is 29.9. The van der Waals surface area contributed by atoms with E-state index in [0.29, 0.717) is 17.5 Å². The van der Waals surface area contributed by atoms with Crippen LogP contribution in [-0.2, 0) is 0 Å². The zero-order valence-electron chi connectivity index (χ0n) is 28.5. The fourth-order valence-electron chi connectivity index (χ4n) is 7.89. The van der Waals surface area contributed by atoms with Crippen LogP contribution < -0.4 is 0 Å². The lowest BCUT2D eigenvalue weighted by Gasteiger charge is -2.12. The number of thiophene rings is 1. The van der Waals surface area contributed by atoms with Crippen LogP contribution in [0.1, 0.15) is 0 Å². The summed E-state index contributed by atoms with van der Waals surface area (Å²) in [6, 6.07) is 62.8. The summed E-state index contributed by atoms with van der Waals surface area (Å²) in [7, 11) is 0. The molecule has 11 rings (SSSR count). The third kappa shape index (κ3) is 4.91. The Bertz CT molecular complexity index is 3150. The van der Waals surface area contributed by atoms with Gasteiger partial charge in [-0.05, 0) is 73.1 Å². The maximum absolute atomic E-state index is 5.23. The molecule has 0 atom stereocenters. The van der Waals surface area contributed by atoms with Gasteiger partial charge in [-0.1, -0.05) is 152 Å². The molecule has 0 aliphatic heterocycles. The van der Waals surface area contributed by atoms with Gasteiger partial charge in [0, 0.05) is 42.2 Å². The van der Waals surface area contributed by atoms with Crippen molar-refractivity contribution in [3.63, 3.8) is 0 Å². The lowest BCUT2D eigenvalue weighted by atomic mass is 9.92. The van der Waals surface area contributed by atoms with E-state index < -0.39 is 0 Å². The average Bonchev–Trinajstić information content (AvgIpc) is 3.62. The molecule has 0 amide bonds. The number of nitrogens with zero attached hydrogens (tertiary/aromatic N) is 3. The van der Waals surface area contributed by atoms with Crippen LogP contribution >= 0.6 is 11.3 Å². The molecule has 0 aliphatic carbocycles. The van der Waals surface area contributed by atoms with Gasteiger partial charge in [0.2, 0.25) is 0 Å². The van der Waals surface area contributed by atoms with Gasteiger partial charge in [0.25, 0.3) is 0 Å². The van der Waals surface area contributed by atoms with Crippen LogP contribution in [0.3, 0.4) is 0 Å². The Kier molecular flexibility index (Phi) is 6.73. The maximum atomic E-state index is 5.23. The van der Waals surface area contributed by atoms with Crippen molar-refractivity contribution in [2.24, 2.45) is 0 Å². The molecule has 0 saturated heterocycles. The Morgan fingerprint density at radius 2 is 0.774 bits per heavy atom.